The molecule has 172 valence electrons. The lowest BCUT2D eigenvalue weighted by atomic mass is 9.93. The summed E-state index contributed by atoms with van der Waals surface area (Å²) in [6, 6.07) is 7.65. The number of aliphatic hydroxyl groups is 1. The van der Waals surface area contributed by atoms with E-state index in [4.69, 9.17) is 17.3 Å². The summed E-state index contributed by atoms with van der Waals surface area (Å²) in [7, 11) is 0. The number of hydrogen-bond donors (Lipinski definition) is 3. The second-order valence-corrected chi connectivity index (χ2v) is 8.90. The van der Waals surface area contributed by atoms with E-state index in [-0.39, 0.29) is 30.1 Å². The number of aliphatic hydroxyl groups excluding tert-OH is 1. The minimum atomic E-state index is -0.632. The number of likely N-dealkylation sites (tertiary alicyclic amines) is 1. The van der Waals surface area contributed by atoms with Crippen molar-refractivity contribution >= 4 is 29.1 Å². The van der Waals surface area contributed by atoms with Gasteiger partial charge in [-0.25, -0.2) is 9.97 Å². The molecule has 1 amide bonds. The highest BCUT2D eigenvalue weighted by Crippen LogP contribution is 2.37. The largest absolute Gasteiger partial charge is 0.391 e. The average molecular weight is 463 g/mol. The van der Waals surface area contributed by atoms with Crippen LogP contribution >= 0.6 is 11.6 Å². The zero-order chi connectivity index (χ0) is 22.7. The minimum Gasteiger partial charge on any atom is -0.391 e. The maximum absolute atomic E-state index is 15.4. The Kier molecular flexibility index (Phi) is 7.07. The molecule has 2 aliphatic heterocycles. The number of carbonyl (C=O) groups is 1. The summed E-state index contributed by atoms with van der Waals surface area (Å²) in [5.74, 6) is -0.581. The van der Waals surface area contributed by atoms with Crippen molar-refractivity contribution in [3.63, 3.8) is 0 Å². The molecule has 10 heteroatoms. The van der Waals surface area contributed by atoms with Gasteiger partial charge < -0.3 is 21.1 Å². The SMILES string of the molecule is NC(=O)CN1CC[C@@H](CNc2ncnc(N3CCCC3c3ccc(Cl)cc3)c2F)[C@H](O)C1. The number of carbonyl (C=O) groups excluding carboxylic acids is 1. The number of anilines is 2. The molecule has 0 saturated carbocycles. The number of hydrogen-bond acceptors (Lipinski definition) is 7. The third kappa shape index (κ3) is 5.11. The highest BCUT2D eigenvalue weighted by atomic mass is 35.5. The second-order valence-electron chi connectivity index (χ2n) is 8.46. The maximum Gasteiger partial charge on any atom is 0.231 e. The standard InChI is InChI=1S/C22H28ClFN6O2/c23-16-5-3-14(4-6-16)17-2-1-8-30(17)22-20(24)21(27-13-28-22)26-10-15-7-9-29(11-18(15)31)12-19(25)32/h3-6,13,15,17-18,31H,1-2,7-12H2,(H2,25,32)(H,26,27,28)/t15-,17?,18+/m0/s1. The predicted octanol–water partition coefficient (Wildman–Crippen LogP) is 2.19. The molecule has 0 spiro atoms. The third-order valence-corrected chi connectivity index (χ3v) is 6.52. The van der Waals surface area contributed by atoms with Crippen molar-refractivity contribution in [2.75, 3.05) is 42.9 Å². The predicted molar refractivity (Wildman–Crippen MR) is 121 cm³/mol. The van der Waals surface area contributed by atoms with Crippen LogP contribution in [-0.4, -0.2) is 64.7 Å². The first kappa shape index (κ1) is 22.7. The summed E-state index contributed by atoms with van der Waals surface area (Å²) < 4.78 is 15.4. The highest BCUT2D eigenvalue weighted by molar-refractivity contribution is 6.30. The first-order valence-electron chi connectivity index (χ1n) is 10.9. The summed E-state index contributed by atoms with van der Waals surface area (Å²) in [5.41, 5.74) is 6.31. The number of amides is 1. The minimum absolute atomic E-state index is 0.0286. The third-order valence-electron chi connectivity index (χ3n) is 6.27. The molecule has 2 saturated heterocycles. The number of aromatic nitrogens is 2. The van der Waals surface area contributed by atoms with Gasteiger partial charge in [0.2, 0.25) is 11.7 Å². The fourth-order valence-corrected chi connectivity index (χ4v) is 4.74. The van der Waals surface area contributed by atoms with Crippen LogP contribution < -0.4 is 16.0 Å². The van der Waals surface area contributed by atoms with Crippen LogP contribution in [-0.2, 0) is 4.79 Å². The molecule has 4 N–H and O–H groups in total. The molecule has 1 unspecified atom stereocenters. The summed E-state index contributed by atoms with van der Waals surface area (Å²) in [6.07, 6.45) is 3.25. The molecule has 0 bridgehead atoms. The fraction of sp³-hybridized carbons (Fsp3) is 0.500. The first-order chi connectivity index (χ1) is 15.4. The van der Waals surface area contributed by atoms with Crippen LogP contribution in [0.4, 0.5) is 16.0 Å². The van der Waals surface area contributed by atoms with Crippen LogP contribution in [0.1, 0.15) is 30.9 Å². The molecule has 1 aromatic carbocycles. The lowest BCUT2D eigenvalue weighted by Gasteiger charge is -2.35. The van der Waals surface area contributed by atoms with Gasteiger partial charge in [-0.2, -0.15) is 4.39 Å². The second kappa shape index (κ2) is 9.97. The Morgan fingerprint density at radius 2 is 2.03 bits per heavy atom. The van der Waals surface area contributed by atoms with E-state index in [2.05, 4.69) is 15.3 Å². The summed E-state index contributed by atoms with van der Waals surface area (Å²) >= 11 is 6.01. The summed E-state index contributed by atoms with van der Waals surface area (Å²) in [6.45, 7) is 2.23. The van der Waals surface area contributed by atoms with Crippen LogP contribution in [0.3, 0.4) is 0 Å². The van der Waals surface area contributed by atoms with Gasteiger partial charge in [0.15, 0.2) is 11.6 Å². The Bertz CT molecular complexity index is 947. The topological polar surface area (TPSA) is 108 Å². The van der Waals surface area contributed by atoms with Gasteiger partial charge in [0.25, 0.3) is 0 Å². The van der Waals surface area contributed by atoms with E-state index in [1.54, 1.807) is 0 Å². The molecule has 0 aliphatic carbocycles. The molecular weight excluding hydrogens is 435 g/mol. The number of nitrogens with one attached hydrogen (secondary N) is 1. The smallest absolute Gasteiger partial charge is 0.231 e. The Morgan fingerprint density at radius 3 is 2.75 bits per heavy atom. The lowest BCUT2D eigenvalue weighted by molar-refractivity contribution is -0.120. The Hall–Kier alpha value is -2.49. The number of rotatable bonds is 7. The van der Waals surface area contributed by atoms with Gasteiger partial charge in [-0.3, -0.25) is 9.69 Å². The molecule has 32 heavy (non-hydrogen) atoms. The van der Waals surface area contributed by atoms with Gasteiger partial charge in [-0.05, 0) is 43.5 Å². The van der Waals surface area contributed by atoms with Crippen molar-refractivity contribution in [2.45, 2.75) is 31.4 Å². The number of nitrogens with zero attached hydrogens (tertiary/aromatic N) is 4. The van der Waals surface area contributed by atoms with Gasteiger partial charge in [-0.15, -0.1) is 0 Å². The zero-order valence-electron chi connectivity index (χ0n) is 17.8. The summed E-state index contributed by atoms with van der Waals surface area (Å²) in [4.78, 5) is 23.2. The molecule has 2 fully saturated rings. The van der Waals surface area contributed by atoms with Crippen LogP contribution in [0.25, 0.3) is 0 Å². The number of halogens is 2. The van der Waals surface area contributed by atoms with Gasteiger partial charge >= 0.3 is 0 Å². The average Bonchev–Trinajstić information content (AvgIpc) is 3.24. The fourth-order valence-electron chi connectivity index (χ4n) is 4.61. The van der Waals surface area contributed by atoms with Crippen molar-refractivity contribution < 1.29 is 14.3 Å². The van der Waals surface area contributed by atoms with E-state index < -0.39 is 17.8 Å². The molecule has 8 nitrogen and oxygen atoms in total. The van der Waals surface area contributed by atoms with Crippen molar-refractivity contribution in [2.24, 2.45) is 11.7 Å². The monoisotopic (exact) mass is 462 g/mol. The molecule has 1 aromatic heterocycles. The molecule has 4 rings (SSSR count). The number of primary amides is 1. The number of piperidine rings is 1. The van der Waals surface area contributed by atoms with E-state index in [1.165, 1.54) is 6.33 Å². The van der Waals surface area contributed by atoms with Crippen LogP contribution in [0, 0.1) is 11.7 Å². The van der Waals surface area contributed by atoms with E-state index in [9.17, 15) is 9.90 Å². The maximum atomic E-state index is 15.4. The van der Waals surface area contributed by atoms with Crippen molar-refractivity contribution in [3.8, 4) is 0 Å². The number of β-amino-alcohol motifs (C(OH)–C–C–N with tert-alkyl or cyclic N) is 1. The highest BCUT2D eigenvalue weighted by Gasteiger charge is 2.31. The zero-order valence-corrected chi connectivity index (χ0v) is 18.5. The van der Waals surface area contributed by atoms with Gasteiger partial charge in [0.05, 0.1) is 18.7 Å². The Labute approximate surface area is 191 Å². The van der Waals surface area contributed by atoms with Crippen LogP contribution in [0.5, 0.6) is 0 Å². The van der Waals surface area contributed by atoms with E-state index in [1.807, 2.05) is 34.1 Å². The number of nitrogens with two attached hydrogens (primary N) is 1. The van der Waals surface area contributed by atoms with Crippen molar-refractivity contribution in [3.05, 3.63) is 47.0 Å². The van der Waals surface area contributed by atoms with Crippen molar-refractivity contribution in [1.82, 2.24) is 14.9 Å². The van der Waals surface area contributed by atoms with Gasteiger partial charge in [0, 0.05) is 30.6 Å². The van der Waals surface area contributed by atoms with E-state index in [0.29, 0.717) is 37.6 Å². The van der Waals surface area contributed by atoms with E-state index in [0.717, 1.165) is 18.4 Å². The molecular formula is C22H28ClFN6O2. The van der Waals surface area contributed by atoms with Crippen molar-refractivity contribution in [1.29, 1.82) is 0 Å². The number of benzene rings is 1. The van der Waals surface area contributed by atoms with Crippen LogP contribution in [0.15, 0.2) is 30.6 Å². The first-order valence-corrected chi connectivity index (χ1v) is 11.3. The van der Waals surface area contributed by atoms with E-state index >= 15 is 4.39 Å². The van der Waals surface area contributed by atoms with Gasteiger partial charge in [0.1, 0.15) is 6.33 Å². The van der Waals surface area contributed by atoms with Crippen LogP contribution in [0.2, 0.25) is 5.02 Å². The molecule has 3 atom stereocenters. The molecule has 3 heterocycles. The quantitative estimate of drug-likeness (QED) is 0.578. The molecule has 2 aliphatic rings. The Morgan fingerprint density at radius 1 is 1.25 bits per heavy atom. The molecule has 0 radical (unpaired) electrons. The lowest BCUT2D eigenvalue weighted by Crippen LogP contribution is -2.48. The normalized spacial score (nSPS) is 24.0. The van der Waals surface area contributed by atoms with Gasteiger partial charge in [-0.1, -0.05) is 23.7 Å². The molecule has 2 aromatic rings. The Balaban J connectivity index is 1.43. The summed E-state index contributed by atoms with van der Waals surface area (Å²) in [5, 5.41) is 14.2.